The number of aromatic nitrogens is 2. The topological polar surface area (TPSA) is 112 Å². The summed E-state index contributed by atoms with van der Waals surface area (Å²) in [5.41, 5.74) is 2.99. The Balaban J connectivity index is 1.58. The minimum Gasteiger partial charge on any atom is -0.481 e. The van der Waals surface area contributed by atoms with Crippen molar-refractivity contribution in [2.24, 2.45) is 11.8 Å². The number of aromatic amines is 1. The first-order valence-electron chi connectivity index (χ1n) is 9.03. The van der Waals surface area contributed by atoms with E-state index in [9.17, 15) is 14.4 Å². The number of hydrogen-bond acceptors (Lipinski definition) is 4. The van der Waals surface area contributed by atoms with Gasteiger partial charge < -0.3 is 10.4 Å². The largest absolute Gasteiger partial charge is 0.481 e. The Bertz CT molecular complexity index is 1150. The van der Waals surface area contributed by atoms with Crippen LogP contribution in [0, 0.1) is 18.8 Å². The molecule has 2 atom stereocenters. The molecule has 1 amide bonds. The number of carbonyl (C=O) groups excluding carboxylic acids is 1. The van der Waals surface area contributed by atoms with Crippen molar-refractivity contribution < 1.29 is 14.7 Å². The van der Waals surface area contributed by atoms with Gasteiger partial charge in [0, 0.05) is 17.5 Å². The molecule has 0 bridgehead atoms. The number of amides is 1. The summed E-state index contributed by atoms with van der Waals surface area (Å²) in [6.07, 6.45) is 0.870. The van der Waals surface area contributed by atoms with Crippen LogP contribution in [-0.4, -0.2) is 27.2 Å². The summed E-state index contributed by atoms with van der Waals surface area (Å²) in [6.45, 7) is 1.88. The van der Waals surface area contributed by atoms with Gasteiger partial charge in [0.2, 0.25) is 5.91 Å². The lowest BCUT2D eigenvalue weighted by Crippen LogP contribution is -2.17. The Kier molecular flexibility index (Phi) is 4.43. The molecule has 1 fully saturated rings. The molecule has 0 aliphatic heterocycles. The number of aryl methyl sites for hydroxylation is 1. The quantitative estimate of drug-likeness (QED) is 0.632. The number of benzene rings is 2. The summed E-state index contributed by atoms with van der Waals surface area (Å²) >= 11 is 0. The molecular weight excluding hydrogens is 358 g/mol. The first kappa shape index (κ1) is 17.9. The van der Waals surface area contributed by atoms with Gasteiger partial charge in [0.25, 0.3) is 5.56 Å². The van der Waals surface area contributed by atoms with E-state index >= 15 is 0 Å². The zero-order valence-electron chi connectivity index (χ0n) is 15.2. The van der Waals surface area contributed by atoms with Crippen molar-refractivity contribution in [2.45, 2.75) is 19.8 Å². The van der Waals surface area contributed by atoms with Crippen molar-refractivity contribution in [2.75, 3.05) is 5.32 Å². The Morgan fingerprint density at radius 1 is 1.18 bits per heavy atom. The van der Waals surface area contributed by atoms with E-state index in [-0.39, 0.29) is 11.5 Å². The van der Waals surface area contributed by atoms with E-state index in [1.807, 2.05) is 43.3 Å². The lowest BCUT2D eigenvalue weighted by atomic mass is 10.0. The van der Waals surface area contributed by atoms with Gasteiger partial charge in [-0.05, 0) is 36.6 Å². The molecular formula is C21H19N3O4. The maximum atomic E-state index is 12.3. The van der Waals surface area contributed by atoms with E-state index in [4.69, 9.17) is 5.11 Å². The number of nitrogens with one attached hydrogen (secondary N) is 2. The van der Waals surface area contributed by atoms with Crippen LogP contribution >= 0.6 is 0 Å². The summed E-state index contributed by atoms with van der Waals surface area (Å²) < 4.78 is 0. The van der Waals surface area contributed by atoms with Crippen LogP contribution in [-0.2, 0) is 16.0 Å². The predicted octanol–water partition coefficient (Wildman–Crippen LogP) is 2.48. The molecule has 1 heterocycles. The Morgan fingerprint density at radius 3 is 2.64 bits per heavy atom. The second-order valence-electron chi connectivity index (χ2n) is 7.15. The van der Waals surface area contributed by atoms with E-state index in [0.717, 1.165) is 22.2 Å². The van der Waals surface area contributed by atoms with Gasteiger partial charge in [-0.2, -0.15) is 5.10 Å². The third-order valence-corrected chi connectivity index (χ3v) is 5.15. The van der Waals surface area contributed by atoms with Gasteiger partial charge in [0.05, 0.1) is 22.9 Å². The first-order valence-corrected chi connectivity index (χ1v) is 9.03. The summed E-state index contributed by atoms with van der Waals surface area (Å²) in [7, 11) is 0. The highest BCUT2D eigenvalue weighted by atomic mass is 16.4. The number of fused-ring (bicyclic) bond motifs is 1. The average Bonchev–Trinajstić information content (AvgIpc) is 3.48. The van der Waals surface area contributed by atoms with Crippen molar-refractivity contribution in [3.63, 3.8) is 0 Å². The molecule has 2 unspecified atom stereocenters. The van der Waals surface area contributed by atoms with E-state index in [2.05, 4.69) is 15.5 Å². The fraction of sp³-hybridized carbons (Fsp3) is 0.238. The number of carboxylic acid groups (broad SMARTS) is 1. The molecule has 1 aliphatic rings. The third kappa shape index (κ3) is 3.38. The minimum absolute atomic E-state index is 0.228. The molecule has 28 heavy (non-hydrogen) atoms. The van der Waals surface area contributed by atoms with E-state index in [0.29, 0.717) is 23.9 Å². The molecule has 1 aromatic heterocycles. The van der Waals surface area contributed by atoms with Crippen LogP contribution in [0.3, 0.4) is 0 Å². The molecule has 0 radical (unpaired) electrons. The molecule has 3 aromatic rings. The number of aliphatic carboxylic acids is 1. The summed E-state index contributed by atoms with van der Waals surface area (Å²) in [5, 5.41) is 19.9. The summed E-state index contributed by atoms with van der Waals surface area (Å²) in [4.78, 5) is 35.2. The van der Waals surface area contributed by atoms with Gasteiger partial charge in [-0.3, -0.25) is 14.4 Å². The van der Waals surface area contributed by atoms with Crippen LogP contribution in [0.25, 0.3) is 10.8 Å². The normalized spacial score (nSPS) is 18.0. The molecule has 1 aliphatic carbocycles. The van der Waals surface area contributed by atoms with E-state index < -0.39 is 17.8 Å². The second kappa shape index (κ2) is 6.92. The zero-order valence-corrected chi connectivity index (χ0v) is 15.2. The fourth-order valence-electron chi connectivity index (χ4n) is 3.40. The third-order valence-electron chi connectivity index (χ3n) is 5.15. The number of anilines is 1. The maximum absolute atomic E-state index is 12.3. The van der Waals surface area contributed by atoms with Gasteiger partial charge in [-0.25, -0.2) is 5.10 Å². The highest BCUT2D eigenvalue weighted by Gasteiger charge is 2.48. The van der Waals surface area contributed by atoms with Crippen LogP contribution in [0.1, 0.15) is 23.2 Å². The van der Waals surface area contributed by atoms with Crippen molar-refractivity contribution in [3.8, 4) is 0 Å². The SMILES string of the molecule is Cc1ccc(Cc2n[nH]c(=O)c3ccccc23)cc1NC(=O)C1CC1C(=O)O. The van der Waals surface area contributed by atoms with Gasteiger partial charge in [-0.15, -0.1) is 0 Å². The van der Waals surface area contributed by atoms with Gasteiger partial charge in [0.15, 0.2) is 0 Å². The van der Waals surface area contributed by atoms with Crippen LogP contribution in [0.2, 0.25) is 0 Å². The van der Waals surface area contributed by atoms with Crippen LogP contribution in [0.5, 0.6) is 0 Å². The van der Waals surface area contributed by atoms with Crippen molar-refractivity contribution in [3.05, 3.63) is 69.6 Å². The summed E-state index contributed by atoms with van der Waals surface area (Å²) in [5.74, 6) is -2.24. The molecule has 3 N–H and O–H groups in total. The predicted molar refractivity (Wildman–Crippen MR) is 104 cm³/mol. The molecule has 1 saturated carbocycles. The zero-order chi connectivity index (χ0) is 19.8. The van der Waals surface area contributed by atoms with Crippen molar-refractivity contribution >= 4 is 28.3 Å². The maximum Gasteiger partial charge on any atom is 0.307 e. The van der Waals surface area contributed by atoms with E-state index in [1.54, 1.807) is 6.07 Å². The number of carboxylic acids is 1. The number of hydrogen-bond donors (Lipinski definition) is 3. The monoisotopic (exact) mass is 377 g/mol. The standard InChI is InChI=1S/C21H19N3O4/c1-11-6-7-12(8-17(11)22-19(25)15-10-16(15)21(27)28)9-18-13-4-2-3-5-14(13)20(26)24-23-18/h2-8,15-16H,9-10H2,1H3,(H,22,25)(H,24,26)(H,27,28). The average molecular weight is 377 g/mol. The number of rotatable bonds is 5. The molecule has 2 aromatic carbocycles. The van der Waals surface area contributed by atoms with Gasteiger partial charge in [-0.1, -0.05) is 30.3 Å². The second-order valence-corrected chi connectivity index (χ2v) is 7.15. The molecule has 0 saturated heterocycles. The van der Waals surface area contributed by atoms with Crippen LogP contribution in [0.4, 0.5) is 5.69 Å². The Hall–Kier alpha value is -3.48. The number of carbonyl (C=O) groups is 2. The van der Waals surface area contributed by atoms with Gasteiger partial charge in [0.1, 0.15) is 0 Å². The van der Waals surface area contributed by atoms with Crippen LogP contribution < -0.4 is 10.9 Å². The van der Waals surface area contributed by atoms with Crippen molar-refractivity contribution in [1.29, 1.82) is 0 Å². The minimum atomic E-state index is -0.929. The fourth-order valence-corrected chi connectivity index (χ4v) is 3.40. The van der Waals surface area contributed by atoms with Gasteiger partial charge >= 0.3 is 5.97 Å². The Morgan fingerprint density at radius 2 is 1.93 bits per heavy atom. The van der Waals surface area contributed by atoms with Crippen LogP contribution in [0.15, 0.2) is 47.3 Å². The molecule has 7 heteroatoms. The molecule has 4 rings (SSSR count). The summed E-state index contributed by atoms with van der Waals surface area (Å²) in [6, 6.07) is 13.0. The lowest BCUT2D eigenvalue weighted by molar-refractivity contribution is -0.139. The molecule has 0 spiro atoms. The number of nitrogens with zero attached hydrogens (tertiary/aromatic N) is 1. The lowest BCUT2D eigenvalue weighted by Gasteiger charge is -2.11. The smallest absolute Gasteiger partial charge is 0.307 e. The highest BCUT2D eigenvalue weighted by Crippen LogP contribution is 2.39. The molecule has 142 valence electrons. The highest BCUT2D eigenvalue weighted by molar-refractivity contribution is 5.98. The molecule has 7 nitrogen and oxygen atoms in total. The number of H-pyrrole nitrogens is 1. The Labute approximate surface area is 160 Å². The first-order chi connectivity index (χ1) is 13.4. The van der Waals surface area contributed by atoms with Crippen molar-refractivity contribution in [1.82, 2.24) is 10.2 Å². The van der Waals surface area contributed by atoms with E-state index in [1.165, 1.54) is 0 Å².